The van der Waals surface area contributed by atoms with Crippen LogP contribution < -0.4 is 0 Å². The Bertz CT molecular complexity index is 1210. The Balaban J connectivity index is 4.41. The minimum atomic E-state index is -0.804. The summed E-state index contributed by atoms with van der Waals surface area (Å²) in [6.07, 6.45) is 66.1. The van der Waals surface area contributed by atoms with E-state index >= 15 is 0 Å². The molecule has 0 N–H and O–H groups in total. The highest BCUT2D eigenvalue weighted by Crippen LogP contribution is 2.14. The molecule has 64 heavy (non-hydrogen) atoms. The van der Waals surface area contributed by atoms with Gasteiger partial charge in [-0.1, -0.05) is 229 Å². The molecule has 0 aromatic rings. The van der Waals surface area contributed by atoms with Crippen molar-refractivity contribution >= 4 is 17.9 Å². The lowest BCUT2D eigenvalue weighted by molar-refractivity contribution is -0.167. The molecule has 0 aliphatic heterocycles. The standard InChI is InChI=1S/C58H100O6/c1-4-7-10-13-16-19-22-24-26-28-29-31-32-34-36-39-42-45-48-51-57(60)63-54-55(53-62-56(59)50-47-44-41-38-21-18-15-12-9-6-3)64-58(61)52-49-46-43-40-37-35-33-30-27-25-23-20-17-14-11-8-5-2/h8,11,17,20,25,27-29,33,35,40,43,55H,4-7,9-10,12-16,18-19,21-24,26,30-32,34,36-39,41-42,44-54H2,1-3H3/b11-8-,20-17-,27-25-,29-28-,35-33-,43-40-/t55-/m1/s1. The van der Waals surface area contributed by atoms with Crippen LogP contribution in [0.1, 0.15) is 258 Å². The van der Waals surface area contributed by atoms with Crippen LogP contribution in [0.25, 0.3) is 0 Å². The molecular weight excluding hydrogens is 793 g/mol. The van der Waals surface area contributed by atoms with Crippen molar-refractivity contribution in [1.29, 1.82) is 0 Å². The zero-order valence-corrected chi connectivity index (χ0v) is 42.0. The lowest BCUT2D eigenvalue weighted by Crippen LogP contribution is -2.30. The highest BCUT2D eigenvalue weighted by atomic mass is 16.6. The quantitative estimate of drug-likeness (QED) is 0.0262. The van der Waals surface area contributed by atoms with Crippen LogP contribution in [0.4, 0.5) is 0 Å². The van der Waals surface area contributed by atoms with Crippen molar-refractivity contribution in [3.63, 3.8) is 0 Å². The van der Waals surface area contributed by atoms with E-state index in [1.54, 1.807) is 0 Å². The molecule has 6 nitrogen and oxygen atoms in total. The van der Waals surface area contributed by atoms with Crippen molar-refractivity contribution < 1.29 is 28.6 Å². The number of carbonyl (C=O) groups is 3. The van der Waals surface area contributed by atoms with Gasteiger partial charge in [0.05, 0.1) is 0 Å². The first-order valence-electron chi connectivity index (χ1n) is 26.9. The number of allylic oxidation sites excluding steroid dienone is 12. The molecule has 0 aliphatic carbocycles. The van der Waals surface area contributed by atoms with E-state index in [2.05, 4.69) is 93.7 Å². The highest BCUT2D eigenvalue weighted by molar-refractivity contribution is 5.71. The Hall–Kier alpha value is -3.15. The molecule has 0 bridgehead atoms. The van der Waals surface area contributed by atoms with Crippen molar-refractivity contribution in [2.45, 2.75) is 264 Å². The molecule has 0 saturated carbocycles. The molecule has 0 aliphatic rings. The number of unbranched alkanes of at least 4 members (excludes halogenated alkanes) is 25. The fourth-order valence-corrected chi connectivity index (χ4v) is 7.41. The first-order chi connectivity index (χ1) is 31.5. The van der Waals surface area contributed by atoms with E-state index in [-0.39, 0.29) is 37.5 Å². The first kappa shape index (κ1) is 60.9. The van der Waals surface area contributed by atoms with E-state index in [0.29, 0.717) is 19.3 Å². The van der Waals surface area contributed by atoms with Gasteiger partial charge in [0.2, 0.25) is 0 Å². The molecule has 1 atom stereocenters. The Labute approximate surface area is 395 Å². The number of ether oxygens (including phenoxy) is 3. The molecule has 0 unspecified atom stereocenters. The van der Waals surface area contributed by atoms with Crippen LogP contribution in [-0.2, 0) is 28.6 Å². The molecule has 368 valence electrons. The second kappa shape index (κ2) is 52.5. The molecule has 0 fully saturated rings. The second-order valence-corrected chi connectivity index (χ2v) is 17.8. The van der Waals surface area contributed by atoms with Gasteiger partial charge < -0.3 is 14.2 Å². The van der Waals surface area contributed by atoms with Gasteiger partial charge in [0.1, 0.15) is 13.2 Å². The molecule has 0 amide bonds. The first-order valence-corrected chi connectivity index (χ1v) is 26.9. The highest BCUT2D eigenvalue weighted by Gasteiger charge is 2.19. The summed E-state index contributed by atoms with van der Waals surface area (Å²) in [5, 5.41) is 0. The summed E-state index contributed by atoms with van der Waals surface area (Å²) in [7, 11) is 0. The van der Waals surface area contributed by atoms with Crippen LogP contribution in [0.3, 0.4) is 0 Å². The maximum Gasteiger partial charge on any atom is 0.306 e. The molecule has 0 spiro atoms. The third kappa shape index (κ3) is 49.9. The van der Waals surface area contributed by atoms with E-state index in [1.165, 1.54) is 135 Å². The Morgan fingerprint density at radius 3 is 1.02 bits per heavy atom. The summed E-state index contributed by atoms with van der Waals surface area (Å²) in [5.74, 6) is -0.959. The van der Waals surface area contributed by atoms with Crippen LogP contribution in [0.2, 0.25) is 0 Å². The van der Waals surface area contributed by atoms with Gasteiger partial charge in [-0.15, -0.1) is 0 Å². The second-order valence-electron chi connectivity index (χ2n) is 17.8. The normalized spacial score (nSPS) is 12.6. The van der Waals surface area contributed by atoms with Crippen LogP contribution in [0, 0.1) is 0 Å². The fourth-order valence-electron chi connectivity index (χ4n) is 7.41. The number of hydrogen-bond acceptors (Lipinski definition) is 6. The van der Waals surface area contributed by atoms with Gasteiger partial charge in [-0.25, -0.2) is 0 Å². The van der Waals surface area contributed by atoms with Gasteiger partial charge >= 0.3 is 17.9 Å². The molecule has 0 rings (SSSR count). The van der Waals surface area contributed by atoms with Crippen LogP contribution >= 0.6 is 0 Å². The predicted molar refractivity (Wildman–Crippen MR) is 274 cm³/mol. The molecule has 0 radical (unpaired) electrons. The fraction of sp³-hybridized carbons (Fsp3) is 0.741. The average molecular weight is 893 g/mol. The topological polar surface area (TPSA) is 78.9 Å². The molecule has 0 aromatic heterocycles. The SMILES string of the molecule is CC/C=C\C/C=C\C/C=C\C/C=C\C/C=C\CCCC(=O)O[C@@H](COC(=O)CCCCCCCCC/C=C\CCCCCCCCCC)COC(=O)CCCCCCCCCCCC. The maximum absolute atomic E-state index is 12.8. The largest absolute Gasteiger partial charge is 0.462 e. The zero-order chi connectivity index (χ0) is 46.5. The maximum atomic E-state index is 12.8. The van der Waals surface area contributed by atoms with E-state index < -0.39 is 6.10 Å². The van der Waals surface area contributed by atoms with Crippen molar-refractivity contribution in [2.75, 3.05) is 13.2 Å². The van der Waals surface area contributed by atoms with Gasteiger partial charge in [0.15, 0.2) is 6.10 Å². The number of esters is 3. The summed E-state index contributed by atoms with van der Waals surface area (Å²) in [5.41, 5.74) is 0. The lowest BCUT2D eigenvalue weighted by atomic mass is 10.1. The summed E-state index contributed by atoms with van der Waals surface area (Å²) < 4.78 is 16.7. The van der Waals surface area contributed by atoms with Gasteiger partial charge in [-0.2, -0.15) is 0 Å². The lowest BCUT2D eigenvalue weighted by Gasteiger charge is -2.18. The van der Waals surface area contributed by atoms with E-state index in [4.69, 9.17) is 14.2 Å². The van der Waals surface area contributed by atoms with Crippen LogP contribution in [0.15, 0.2) is 72.9 Å². The summed E-state index contributed by atoms with van der Waals surface area (Å²) >= 11 is 0. The molecular formula is C58H100O6. The zero-order valence-electron chi connectivity index (χ0n) is 42.0. The molecule has 0 aromatic carbocycles. The summed E-state index contributed by atoms with van der Waals surface area (Å²) in [6, 6.07) is 0. The Morgan fingerprint density at radius 2 is 0.625 bits per heavy atom. The van der Waals surface area contributed by atoms with Crippen LogP contribution in [-0.4, -0.2) is 37.2 Å². The third-order valence-corrected chi connectivity index (χ3v) is 11.4. The van der Waals surface area contributed by atoms with Crippen molar-refractivity contribution in [2.24, 2.45) is 0 Å². The van der Waals surface area contributed by atoms with Gasteiger partial charge in [-0.3, -0.25) is 14.4 Å². The monoisotopic (exact) mass is 893 g/mol. The van der Waals surface area contributed by atoms with E-state index in [9.17, 15) is 14.4 Å². The molecule has 0 saturated heterocycles. The van der Waals surface area contributed by atoms with E-state index in [1.807, 2.05) is 0 Å². The van der Waals surface area contributed by atoms with Crippen LogP contribution in [0.5, 0.6) is 0 Å². The van der Waals surface area contributed by atoms with Gasteiger partial charge in [0.25, 0.3) is 0 Å². The Kier molecular flexibility index (Phi) is 49.9. The summed E-state index contributed by atoms with van der Waals surface area (Å²) in [4.78, 5) is 38.0. The van der Waals surface area contributed by atoms with E-state index in [0.717, 1.165) is 77.0 Å². The molecule has 6 heteroatoms. The predicted octanol–water partition coefficient (Wildman–Crippen LogP) is 17.8. The van der Waals surface area contributed by atoms with Gasteiger partial charge in [0, 0.05) is 19.3 Å². The molecule has 0 heterocycles. The Morgan fingerprint density at radius 1 is 0.328 bits per heavy atom. The average Bonchev–Trinajstić information content (AvgIpc) is 3.29. The van der Waals surface area contributed by atoms with Crippen molar-refractivity contribution in [3.05, 3.63) is 72.9 Å². The number of hydrogen-bond donors (Lipinski definition) is 0. The van der Waals surface area contributed by atoms with Crippen molar-refractivity contribution in [1.82, 2.24) is 0 Å². The van der Waals surface area contributed by atoms with Crippen molar-refractivity contribution in [3.8, 4) is 0 Å². The summed E-state index contributed by atoms with van der Waals surface area (Å²) in [6.45, 7) is 6.47. The minimum Gasteiger partial charge on any atom is -0.462 e. The van der Waals surface area contributed by atoms with Gasteiger partial charge in [-0.05, 0) is 83.5 Å². The smallest absolute Gasteiger partial charge is 0.306 e. The number of rotatable bonds is 48. The minimum absolute atomic E-state index is 0.0978. The third-order valence-electron chi connectivity index (χ3n) is 11.4. The number of carbonyl (C=O) groups excluding carboxylic acids is 3.